The van der Waals surface area contributed by atoms with Crippen LogP contribution >= 0.6 is 0 Å². The van der Waals surface area contributed by atoms with Gasteiger partial charge in [-0.05, 0) is 56.5 Å². The van der Waals surface area contributed by atoms with Crippen LogP contribution in [0.15, 0.2) is 47.5 Å². The third-order valence-corrected chi connectivity index (χ3v) is 7.96. The van der Waals surface area contributed by atoms with Crippen LogP contribution in [0.25, 0.3) is 33.3 Å². The van der Waals surface area contributed by atoms with Gasteiger partial charge in [0.15, 0.2) is 5.65 Å². The molecule has 0 aliphatic rings. The lowest BCUT2D eigenvalue weighted by Gasteiger charge is -2.14. The fourth-order valence-corrected chi connectivity index (χ4v) is 5.21. The maximum Gasteiger partial charge on any atom is 0.274 e. The van der Waals surface area contributed by atoms with E-state index in [0.717, 1.165) is 22.5 Å². The smallest absolute Gasteiger partial charge is 0.274 e. The van der Waals surface area contributed by atoms with Gasteiger partial charge in [-0.25, -0.2) is 18.4 Å². The van der Waals surface area contributed by atoms with Crippen LogP contribution in [0, 0.1) is 20.8 Å². The average molecular weight is 505 g/mol. The molecule has 1 aromatic carbocycles. The predicted octanol–water partition coefficient (Wildman–Crippen LogP) is 4.01. The molecule has 0 radical (unpaired) electrons. The molecular formula is C26H28N6O3S. The van der Waals surface area contributed by atoms with Gasteiger partial charge in [-0.2, -0.15) is 0 Å². The van der Waals surface area contributed by atoms with E-state index in [1.165, 1.54) is 4.57 Å². The highest BCUT2D eigenvalue weighted by Gasteiger charge is 2.21. The number of nitrogens with one attached hydrogen (secondary N) is 2. The standard InChI is InChI=1S/C26H28N6O3S/c1-6-36(34,35)30-22-12-21(20-13-31(5)26(33)23-18(20)10-11-27-23)29-25-24(22)28-17(4)32(25)14-19-15(2)8-7-9-16(19)3/h7-13,27H,6,14H2,1-5H3,(H,29,30). The molecule has 0 fully saturated rings. The van der Waals surface area contributed by atoms with Gasteiger partial charge in [-0.15, -0.1) is 0 Å². The molecule has 4 heterocycles. The number of aryl methyl sites for hydroxylation is 4. The van der Waals surface area contributed by atoms with Crippen LogP contribution in [0.2, 0.25) is 0 Å². The number of rotatable bonds is 6. The van der Waals surface area contributed by atoms with E-state index < -0.39 is 10.0 Å². The van der Waals surface area contributed by atoms with Crippen molar-refractivity contribution in [3.05, 3.63) is 75.6 Å². The quantitative estimate of drug-likeness (QED) is 0.363. The predicted molar refractivity (Wildman–Crippen MR) is 143 cm³/mol. The Morgan fingerprint density at radius 2 is 1.81 bits per heavy atom. The second-order valence-corrected chi connectivity index (χ2v) is 11.1. The largest absolute Gasteiger partial charge is 0.357 e. The molecule has 0 bridgehead atoms. The minimum atomic E-state index is -3.57. The van der Waals surface area contributed by atoms with Crippen LogP contribution in [-0.2, 0) is 23.6 Å². The van der Waals surface area contributed by atoms with E-state index >= 15 is 0 Å². The molecule has 0 atom stereocenters. The first-order valence-electron chi connectivity index (χ1n) is 11.7. The molecule has 2 N–H and O–H groups in total. The Labute approximate surface area is 208 Å². The summed E-state index contributed by atoms with van der Waals surface area (Å²) < 4.78 is 31.4. The molecule has 0 aliphatic heterocycles. The number of benzene rings is 1. The molecule has 0 saturated heterocycles. The fraction of sp³-hybridized carbons (Fsp3) is 0.269. The highest BCUT2D eigenvalue weighted by Crippen LogP contribution is 2.33. The Kier molecular flexibility index (Phi) is 5.71. The molecule has 10 heteroatoms. The maximum absolute atomic E-state index is 12.6. The molecule has 4 aromatic heterocycles. The molecule has 0 aliphatic carbocycles. The van der Waals surface area contributed by atoms with Gasteiger partial charge in [0.2, 0.25) is 10.0 Å². The monoisotopic (exact) mass is 504 g/mol. The summed E-state index contributed by atoms with van der Waals surface area (Å²) in [7, 11) is -1.89. The zero-order chi connectivity index (χ0) is 25.8. The number of hydrogen-bond acceptors (Lipinski definition) is 5. The fourth-order valence-electron chi connectivity index (χ4n) is 4.57. The maximum atomic E-state index is 12.6. The lowest BCUT2D eigenvalue weighted by atomic mass is 10.0. The third kappa shape index (κ3) is 3.97. The molecule has 5 rings (SSSR count). The third-order valence-electron chi connectivity index (χ3n) is 6.67. The average Bonchev–Trinajstić information content (AvgIpc) is 3.44. The second-order valence-electron chi connectivity index (χ2n) is 9.07. The summed E-state index contributed by atoms with van der Waals surface area (Å²) in [6.07, 6.45) is 3.44. The Bertz CT molecular complexity index is 1790. The van der Waals surface area contributed by atoms with Gasteiger partial charge < -0.3 is 14.1 Å². The molecule has 0 amide bonds. The molecule has 0 spiro atoms. The Morgan fingerprint density at radius 1 is 1.08 bits per heavy atom. The van der Waals surface area contributed by atoms with E-state index in [0.29, 0.717) is 45.6 Å². The van der Waals surface area contributed by atoms with E-state index in [2.05, 4.69) is 35.7 Å². The van der Waals surface area contributed by atoms with Crippen molar-refractivity contribution in [2.75, 3.05) is 10.5 Å². The number of hydrogen-bond donors (Lipinski definition) is 2. The summed E-state index contributed by atoms with van der Waals surface area (Å²) in [6, 6.07) is 9.70. The van der Waals surface area contributed by atoms with Gasteiger partial charge >= 0.3 is 0 Å². The van der Waals surface area contributed by atoms with Crippen LogP contribution in [-0.4, -0.2) is 38.3 Å². The summed E-state index contributed by atoms with van der Waals surface area (Å²) in [4.78, 5) is 25.3. The molecule has 5 aromatic rings. The number of fused-ring (bicyclic) bond motifs is 2. The van der Waals surface area contributed by atoms with Crippen molar-refractivity contribution in [3.8, 4) is 11.3 Å². The highest BCUT2D eigenvalue weighted by atomic mass is 32.2. The molecule has 0 saturated carbocycles. The number of aromatic nitrogens is 5. The molecule has 0 unspecified atom stereocenters. The van der Waals surface area contributed by atoms with Crippen molar-refractivity contribution < 1.29 is 8.42 Å². The van der Waals surface area contributed by atoms with Crippen molar-refractivity contribution in [3.63, 3.8) is 0 Å². The van der Waals surface area contributed by atoms with Crippen LogP contribution in [0.4, 0.5) is 5.69 Å². The van der Waals surface area contributed by atoms with Crippen LogP contribution in [0.5, 0.6) is 0 Å². The summed E-state index contributed by atoms with van der Waals surface area (Å²) in [5.41, 5.74) is 6.46. The van der Waals surface area contributed by atoms with Gasteiger partial charge in [0, 0.05) is 30.4 Å². The van der Waals surface area contributed by atoms with E-state index in [9.17, 15) is 13.2 Å². The number of nitrogens with zero attached hydrogens (tertiary/aromatic N) is 4. The summed E-state index contributed by atoms with van der Waals surface area (Å²) in [5, 5.41) is 0.715. The Balaban J connectivity index is 1.81. The number of anilines is 1. The summed E-state index contributed by atoms with van der Waals surface area (Å²) in [5.74, 6) is 0.650. The van der Waals surface area contributed by atoms with Crippen molar-refractivity contribution in [2.45, 2.75) is 34.2 Å². The lowest BCUT2D eigenvalue weighted by Crippen LogP contribution is -2.17. The molecule has 36 heavy (non-hydrogen) atoms. The van der Waals surface area contributed by atoms with Crippen molar-refractivity contribution >= 4 is 37.8 Å². The van der Waals surface area contributed by atoms with E-state index in [4.69, 9.17) is 9.97 Å². The number of pyridine rings is 2. The number of imidazole rings is 1. The normalized spacial score (nSPS) is 12.0. The van der Waals surface area contributed by atoms with Gasteiger partial charge in [-0.1, -0.05) is 18.2 Å². The van der Waals surface area contributed by atoms with E-state index in [-0.39, 0.29) is 11.3 Å². The van der Waals surface area contributed by atoms with E-state index in [1.54, 1.807) is 32.4 Å². The number of aromatic amines is 1. The SMILES string of the molecule is CCS(=O)(=O)Nc1cc(-c2cn(C)c(=O)c3[nH]ccc23)nc2c1nc(C)n2Cc1c(C)cccc1C. The zero-order valence-electron chi connectivity index (χ0n) is 20.9. The first-order valence-corrected chi connectivity index (χ1v) is 13.4. The number of H-pyrrole nitrogens is 1. The molecular weight excluding hydrogens is 476 g/mol. The summed E-state index contributed by atoms with van der Waals surface area (Å²) >= 11 is 0. The number of sulfonamides is 1. The van der Waals surface area contributed by atoms with Crippen LogP contribution in [0.1, 0.15) is 29.4 Å². The minimum Gasteiger partial charge on any atom is -0.357 e. The highest BCUT2D eigenvalue weighted by molar-refractivity contribution is 7.92. The summed E-state index contributed by atoms with van der Waals surface area (Å²) in [6.45, 7) is 8.17. The van der Waals surface area contributed by atoms with Crippen molar-refractivity contribution in [1.82, 2.24) is 24.1 Å². The lowest BCUT2D eigenvalue weighted by molar-refractivity contribution is 0.602. The van der Waals surface area contributed by atoms with Crippen molar-refractivity contribution in [1.29, 1.82) is 0 Å². The van der Waals surface area contributed by atoms with Gasteiger partial charge in [0.25, 0.3) is 5.56 Å². The minimum absolute atomic E-state index is 0.0733. The van der Waals surface area contributed by atoms with Gasteiger partial charge in [0.1, 0.15) is 16.9 Å². The van der Waals surface area contributed by atoms with Gasteiger partial charge in [-0.3, -0.25) is 9.52 Å². The molecule has 9 nitrogen and oxygen atoms in total. The van der Waals surface area contributed by atoms with Gasteiger partial charge in [0.05, 0.1) is 23.7 Å². The second kappa shape index (κ2) is 8.63. The Morgan fingerprint density at radius 3 is 2.50 bits per heavy atom. The first kappa shape index (κ1) is 23.8. The first-order chi connectivity index (χ1) is 17.1. The van der Waals surface area contributed by atoms with Crippen LogP contribution < -0.4 is 10.3 Å². The van der Waals surface area contributed by atoms with Crippen molar-refractivity contribution in [2.24, 2.45) is 7.05 Å². The molecule has 186 valence electrons. The Hall–Kier alpha value is -3.92. The topological polar surface area (TPSA) is 115 Å². The zero-order valence-corrected chi connectivity index (χ0v) is 21.7. The van der Waals surface area contributed by atoms with Crippen LogP contribution in [0.3, 0.4) is 0 Å². The van der Waals surface area contributed by atoms with E-state index in [1.807, 2.05) is 23.6 Å².